The SMILES string of the molecule is Cl.Cl.Cn1c(CCNC(=O)C2COCCN2)nc2ccccc21. The number of morpholine rings is 1. The second-order valence-corrected chi connectivity index (χ2v) is 5.20. The zero-order valence-electron chi connectivity index (χ0n) is 12.9. The molecule has 1 saturated heterocycles. The highest BCUT2D eigenvalue weighted by atomic mass is 35.5. The van der Waals surface area contributed by atoms with E-state index in [9.17, 15) is 4.79 Å². The molecule has 8 heteroatoms. The van der Waals surface area contributed by atoms with E-state index in [2.05, 4.69) is 20.2 Å². The molecule has 1 aliphatic heterocycles. The summed E-state index contributed by atoms with van der Waals surface area (Å²) in [7, 11) is 2.00. The van der Waals surface area contributed by atoms with Crippen LogP contribution in [0.3, 0.4) is 0 Å². The summed E-state index contributed by atoms with van der Waals surface area (Å²) in [4.78, 5) is 16.6. The monoisotopic (exact) mass is 360 g/mol. The molecule has 23 heavy (non-hydrogen) atoms. The molecule has 6 nitrogen and oxygen atoms in total. The first-order valence-electron chi connectivity index (χ1n) is 7.25. The van der Waals surface area contributed by atoms with Crippen LogP contribution < -0.4 is 10.6 Å². The zero-order valence-corrected chi connectivity index (χ0v) is 14.6. The third kappa shape index (κ3) is 4.57. The number of nitrogens with one attached hydrogen (secondary N) is 2. The predicted molar refractivity (Wildman–Crippen MR) is 94.5 cm³/mol. The number of benzene rings is 1. The maximum atomic E-state index is 12.0. The fourth-order valence-corrected chi connectivity index (χ4v) is 2.57. The highest BCUT2D eigenvalue weighted by Gasteiger charge is 2.20. The number of imidazole rings is 1. The number of aryl methyl sites for hydroxylation is 1. The fourth-order valence-electron chi connectivity index (χ4n) is 2.57. The van der Waals surface area contributed by atoms with Gasteiger partial charge in [-0.3, -0.25) is 4.79 Å². The highest BCUT2D eigenvalue weighted by molar-refractivity contribution is 5.85. The molecular formula is C15H22Cl2N4O2. The number of fused-ring (bicyclic) bond motifs is 1. The highest BCUT2D eigenvalue weighted by Crippen LogP contribution is 2.14. The summed E-state index contributed by atoms with van der Waals surface area (Å²) in [6, 6.07) is 7.80. The number of rotatable bonds is 4. The van der Waals surface area contributed by atoms with Crippen LogP contribution in [0.15, 0.2) is 24.3 Å². The van der Waals surface area contributed by atoms with Crippen molar-refractivity contribution in [3.05, 3.63) is 30.1 Å². The molecule has 2 aromatic rings. The van der Waals surface area contributed by atoms with Crippen LogP contribution in [0.25, 0.3) is 11.0 Å². The largest absolute Gasteiger partial charge is 0.378 e. The Morgan fingerprint density at radius 2 is 2.22 bits per heavy atom. The first-order valence-corrected chi connectivity index (χ1v) is 7.25. The quantitative estimate of drug-likeness (QED) is 0.855. The Kier molecular flexibility index (Phi) is 7.78. The Hall–Kier alpha value is -1.34. The molecule has 3 rings (SSSR count). The van der Waals surface area contributed by atoms with Gasteiger partial charge in [0, 0.05) is 26.6 Å². The number of ether oxygens (including phenoxy) is 1. The van der Waals surface area contributed by atoms with Crippen molar-refractivity contribution in [2.45, 2.75) is 12.5 Å². The number of hydrogen-bond donors (Lipinski definition) is 2. The Morgan fingerprint density at radius 1 is 1.43 bits per heavy atom. The molecule has 1 unspecified atom stereocenters. The minimum Gasteiger partial charge on any atom is -0.378 e. The summed E-state index contributed by atoms with van der Waals surface area (Å²) in [5.41, 5.74) is 2.10. The van der Waals surface area contributed by atoms with E-state index < -0.39 is 0 Å². The molecule has 1 aliphatic rings. The lowest BCUT2D eigenvalue weighted by Crippen LogP contribution is -2.51. The van der Waals surface area contributed by atoms with E-state index in [4.69, 9.17) is 4.74 Å². The molecule has 1 atom stereocenters. The predicted octanol–water partition coefficient (Wildman–Crippen LogP) is 1.06. The standard InChI is InChI=1S/C15H20N4O2.2ClH/c1-19-13-5-3-2-4-11(13)18-14(19)6-7-17-15(20)12-10-21-9-8-16-12;;/h2-5,12,16H,6-10H2,1H3,(H,17,20);2*1H. The molecule has 0 bridgehead atoms. The maximum Gasteiger partial charge on any atom is 0.239 e. The topological polar surface area (TPSA) is 68.2 Å². The number of carbonyl (C=O) groups excluding carboxylic acids is 1. The van der Waals surface area contributed by atoms with Crippen LogP contribution in [0, 0.1) is 0 Å². The Bertz CT molecular complexity index is 641. The lowest BCUT2D eigenvalue weighted by molar-refractivity contribution is -0.125. The summed E-state index contributed by atoms with van der Waals surface area (Å²) in [6.45, 7) is 2.42. The molecule has 1 aromatic carbocycles. The van der Waals surface area contributed by atoms with Crippen LogP contribution in [0.4, 0.5) is 0 Å². The molecule has 0 saturated carbocycles. The molecule has 2 N–H and O–H groups in total. The number of amides is 1. The Balaban J connectivity index is 0.00000132. The normalized spacial score (nSPS) is 17.2. The Labute approximate surface area is 147 Å². The molecule has 1 amide bonds. The van der Waals surface area contributed by atoms with Crippen molar-refractivity contribution >= 4 is 41.8 Å². The van der Waals surface area contributed by atoms with Crippen LogP contribution >= 0.6 is 24.8 Å². The summed E-state index contributed by atoms with van der Waals surface area (Å²) in [5.74, 6) is 0.970. The number of para-hydroxylation sites is 2. The van der Waals surface area contributed by atoms with Crippen molar-refractivity contribution in [3.8, 4) is 0 Å². The van der Waals surface area contributed by atoms with Gasteiger partial charge in [-0.25, -0.2) is 4.98 Å². The van der Waals surface area contributed by atoms with E-state index in [0.29, 0.717) is 26.2 Å². The third-order valence-corrected chi connectivity index (χ3v) is 3.77. The van der Waals surface area contributed by atoms with Gasteiger partial charge in [-0.2, -0.15) is 0 Å². The first-order chi connectivity index (χ1) is 10.3. The molecule has 0 spiro atoms. The Morgan fingerprint density at radius 3 is 2.91 bits per heavy atom. The summed E-state index contributed by atoms with van der Waals surface area (Å²) in [5, 5.41) is 6.08. The van der Waals surface area contributed by atoms with Gasteiger partial charge in [0.2, 0.25) is 5.91 Å². The number of halogens is 2. The van der Waals surface area contributed by atoms with Gasteiger partial charge in [0.05, 0.1) is 24.2 Å². The average molecular weight is 361 g/mol. The zero-order chi connectivity index (χ0) is 14.7. The van der Waals surface area contributed by atoms with Gasteiger partial charge < -0.3 is 19.9 Å². The summed E-state index contributed by atoms with van der Waals surface area (Å²) in [6.07, 6.45) is 0.713. The fraction of sp³-hybridized carbons (Fsp3) is 0.467. The van der Waals surface area contributed by atoms with E-state index in [1.165, 1.54) is 0 Å². The minimum absolute atomic E-state index is 0. The second-order valence-electron chi connectivity index (χ2n) is 5.20. The van der Waals surface area contributed by atoms with Gasteiger partial charge in [0.15, 0.2) is 0 Å². The number of nitrogens with zero attached hydrogens (tertiary/aromatic N) is 2. The molecule has 128 valence electrons. The van der Waals surface area contributed by atoms with E-state index in [1.807, 2.05) is 31.3 Å². The first kappa shape index (κ1) is 19.7. The van der Waals surface area contributed by atoms with E-state index in [-0.39, 0.29) is 36.8 Å². The van der Waals surface area contributed by atoms with Crippen molar-refractivity contribution in [3.63, 3.8) is 0 Å². The number of hydrogen-bond acceptors (Lipinski definition) is 4. The number of aromatic nitrogens is 2. The molecule has 1 aromatic heterocycles. The van der Waals surface area contributed by atoms with Gasteiger partial charge in [-0.05, 0) is 12.1 Å². The van der Waals surface area contributed by atoms with Crippen LogP contribution in [-0.4, -0.2) is 47.8 Å². The average Bonchev–Trinajstić information content (AvgIpc) is 2.85. The van der Waals surface area contributed by atoms with E-state index >= 15 is 0 Å². The lowest BCUT2D eigenvalue weighted by Gasteiger charge is -2.22. The number of carbonyl (C=O) groups is 1. The van der Waals surface area contributed by atoms with Crippen molar-refractivity contribution in [1.29, 1.82) is 0 Å². The minimum atomic E-state index is -0.237. The van der Waals surface area contributed by atoms with Gasteiger partial charge >= 0.3 is 0 Å². The molecule has 1 fully saturated rings. The van der Waals surface area contributed by atoms with Crippen LogP contribution in [0.5, 0.6) is 0 Å². The van der Waals surface area contributed by atoms with Gasteiger partial charge in [0.25, 0.3) is 0 Å². The van der Waals surface area contributed by atoms with E-state index in [1.54, 1.807) is 0 Å². The maximum absolute atomic E-state index is 12.0. The van der Waals surface area contributed by atoms with Crippen molar-refractivity contribution in [1.82, 2.24) is 20.2 Å². The van der Waals surface area contributed by atoms with Gasteiger partial charge in [0.1, 0.15) is 11.9 Å². The van der Waals surface area contributed by atoms with Crippen molar-refractivity contribution < 1.29 is 9.53 Å². The molecule has 2 heterocycles. The smallest absolute Gasteiger partial charge is 0.239 e. The van der Waals surface area contributed by atoms with Crippen molar-refractivity contribution in [2.24, 2.45) is 7.05 Å². The summed E-state index contributed by atoms with van der Waals surface area (Å²) >= 11 is 0. The van der Waals surface area contributed by atoms with Crippen LogP contribution in [-0.2, 0) is 23.0 Å². The summed E-state index contributed by atoms with van der Waals surface area (Å²) < 4.78 is 7.36. The van der Waals surface area contributed by atoms with E-state index in [0.717, 1.165) is 23.4 Å². The molecule has 0 radical (unpaired) electrons. The van der Waals surface area contributed by atoms with Gasteiger partial charge in [-0.15, -0.1) is 24.8 Å². The molecule has 0 aliphatic carbocycles. The third-order valence-electron chi connectivity index (χ3n) is 3.77. The molecular weight excluding hydrogens is 339 g/mol. The van der Waals surface area contributed by atoms with Crippen LogP contribution in [0.2, 0.25) is 0 Å². The lowest BCUT2D eigenvalue weighted by atomic mass is 10.2. The van der Waals surface area contributed by atoms with Gasteiger partial charge in [-0.1, -0.05) is 12.1 Å². The van der Waals surface area contributed by atoms with Crippen LogP contribution in [0.1, 0.15) is 5.82 Å². The second kappa shape index (κ2) is 9.08. The van der Waals surface area contributed by atoms with Crippen molar-refractivity contribution in [2.75, 3.05) is 26.3 Å².